The lowest BCUT2D eigenvalue weighted by Gasteiger charge is -2.39. The SMILES string of the molecule is Cl.Cl.O=C(O)COC/C=C/CN1CCN(C(c2ccccc2)c2ccc(F)cc2)CC1. The van der Waals surface area contributed by atoms with E-state index in [1.165, 1.54) is 17.7 Å². The van der Waals surface area contributed by atoms with Gasteiger partial charge in [0.05, 0.1) is 12.6 Å². The average molecular weight is 471 g/mol. The van der Waals surface area contributed by atoms with Crippen LogP contribution < -0.4 is 0 Å². The van der Waals surface area contributed by atoms with E-state index >= 15 is 0 Å². The first-order valence-corrected chi connectivity index (χ1v) is 9.85. The number of carboxylic acid groups (broad SMARTS) is 1. The molecule has 8 heteroatoms. The topological polar surface area (TPSA) is 53.0 Å². The Kier molecular flexibility index (Phi) is 12.4. The van der Waals surface area contributed by atoms with E-state index in [9.17, 15) is 9.18 Å². The summed E-state index contributed by atoms with van der Waals surface area (Å²) in [7, 11) is 0. The molecule has 2 aromatic rings. The van der Waals surface area contributed by atoms with Crippen LogP contribution in [0.25, 0.3) is 0 Å². The van der Waals surface area contributed by atoms with Crippen LogP contribution >= 0.6 is 24.8 Å². The molecule has 1 unspecified atom stereocenters. The Morgan fingerprint density at radius 3 is 2.19 bits per heavy atom. The zero-order chi connectivity index (χ0) is 20.5. The second kappa shape index (κ2) is 14.2. The van der Waals surface area contributed by atoms with Crippen molar-refractivity contribution in [3.63, 3.8) is 0 Å². The highest BCUT2D eigenvalue weighted by Crippen LogP contribution is 2.29. The van der Waals surface area contributed by atoms with E-state index in [0.717, 1.165) is 38.3 Å². The predicted octanol–water partition coefficient (Wildman–Crippen LogP) is 4.03. The van der Waals surface area contributed by atoms with Crippen LogP contribution in [0.15, 0.2) is 66.7 Å². The van der Waals surface area contributed by atoms with Crippen LogP contribution in [0.1, 0.15) is 17.2 Å². The fraction of sp³-hybridized carbons (Fsp3) is 0.348. The van der Waals surface area contributed by atoms with Crippen molar-refractivity contribution in [3.8, 4) is 0 Å². The maximum Gasteiger partial charge on any atom is 0.329 e. The maximum absolute atomic E-state index is 13.4. The van der Waals surface area contributed by atoms with Gasteiger partial charge >= 0.3 is 5.97 Å². The number of carbonyl (C=O) groups is 1. The number of aliphatic carboxylic acids is 1. The average Bonchev–Trinajstić information content (AvgIpc) is 2.74. The largest absolute Gasteiger partial charge is 0.480 e. The van der Waals surface area contributed by atoms with E-state index in [1.54, 1.807) is 0 Å². The number of halogens is 3. The normalized spacial score (nSPS) is 15.8. The number of carboxylic acids is 1. The first kappa shape index (κ1) is 27.1. The summed E-state index contributed by atoms with van der Waals surface area (Å²) in [6.45, 7) is 4.56. The molecule has 1 aliphatic rings. The van der Waals surface area contributed by atoms with Gasteiger partial charge in [-0.25, -0.2) is 9.18 Å². The number of nitrogens with zero attached hydrogens (tertiary/aromatic N) is 2. The molecule has 0 amide bonds. The number of rotatable bonds is 9. The molecule has 0 bridgehead atoms. The molecule has 1 aliphatic heterocycles. The molecular formula is C23H29Cl2FN2O3. The van der Waals surface area contributed by atoms with E-state index in [4.69, 9.17) is 9.84 Å². The summed E-state index contributed by atoms with van der Waals surface area (Å²) in [6.07, 6.45) is 3.88. The van der Waals surface area contributed by atoms with E-state index < -0.39 is 5.97 Å². The molecule has 0 aliphatic carbocycles. The minimum absolute atomic E-state index is 0. The lowest BCUT2D eigenvalue weighted by molar-refractivity contribution is -0.141. The summed E-state index contributed by atoms with van der Waals surface area (Å²) in [5.41, 5.74) is 2.31. The molecule has 0 aromatic heterocycles. The number of benzene rings is 2. The van der Waals surface area contributed by atoms with Crippen molar-refractivity contribution in [1.29, 1.82) is 0 Å². The molecular weight excluding hydrogens is 442 g/mol. The van der Waals surface area contributed by atoms with Gasteiger partial charge in [0.15, 0.2) is 0 Å². The van der Waals surface area contributed by atoms with Crippen LogP contribution in [-0.2, 0) is 9.53 Å². The van der Waals surface area contributed by atoms with Gasteiger partial charge in [-0.1, -0.05) is 54.6 Å². The smallest absolute Gasteiger partial charge is 0.329 e. The highest BCUT2D eigenvalue weighted by Gasteiger charge is 2.26. The minimum Gasteiger partial charge on any atom is -0.480 e. The van der Waals surface area contributed by atoms with Gasteiger partial charge in [-0.05, 0) is 23.3 Å². The van der Waals surface area contributed by atoms with Crippen LogP contribution in [0.2, 0.25) is 0 Å². The van der Waals surface area contributed by atoms with Gasteiger partial charge in [-0.2, -0.15) is 0 Å². The minimum atomic E-state index is -0.955. The van der Waals surface area contributed by atoms with E-state index in [2.05, 4.69) is 21.9 Å². The lowest BCUT2D eigenvalue weighted by Crippen LogP contribution is -2.47. The maximum atomic E-state index is 13.4. The zero-order valence-electron chi connectivity index (χ0n) is 17.2. The third kappa shape index (κ3) is 8.59. The molecule has 0 radical (unpaired) electrons. The molecule has 0 spiro atoms. The van der Waals surface area contributed by atoms with E-state index in [0.29, 0.717) is 6.61 Å². The molecule has 31 heavy (non-hydrogen) atoms. The standard InChI is InChI=1S/C23H27FN2O3.2ClH/c24-21-10-8-20(9-11-21)23(19-6-2-1-3-7-19)26-15-13-25(14-16-26)12-4-5-17-29-18-22(27)28;;/h1-11,23H,12-18H2,(H,27,28);2*1H/b5-4+;;. The molecule has 1 saturated heterocycles. The van der Waals surface area contributed by atoms with Gasteiger partial charge in [0, 0.05) is 32.7 Å². The Balaban J connectivity index is 0.00000240. The van der Waals surface area contributed by atoms with E-state index in [-0.39, 0.29) is 43.3 Å². The molecule has 1 N–H and O–H groups in total. The van der Waals surface area contributed by atoms with Crippen molar-refractivity contribution < 1.29 is 19.0 Å². The van der Waals surface area contributed by atoms with Crippen LogP contribution in [0, 0.1) is 5.82 Å². The molecule has 5 nitrogen and oxygen atoms in total. The number of hydrogen-bond donors (Lipinski definition) is 1. The van der Waals surface area contributed by atoms with Gasteiger partial charge in [-0.15, -0.1) is 24.8 Å². The summed E-state index contributed by atoms with van der Waals surface area (Å²) >= 11 is 0. The van der Waals surface area contributed by atoms with E-state index in [1.807, 2.05) is 42.5 Å². The Labute approximate surface area is 195 Å². The third-order valence-corrected chi connectivity index (χ3v) is 5.04. The Morgan fingerprint density at radius 2 is 1.58 bits per heavy atom. The first-order valence-electron chi connectivity index (χ1n) is 9.85. The Hall–Kier alpha value is -1.96. The Morgan fingerprint density at radius 1 is 0.968 bits per heavy atom. The van der Waals surface area contributed by atoms with Crippen molar-refractivity contribution in [1.82, 2.24) is 9.80 Å². The van der Waals surface area contributed by atoms with Crippen LogP contribution in [-0.4, -0.2) is 66.8 Å². The monoisotopic (exact) mass is 470 g/mol. The molecule has 0 saturated carbocycles. The molecule has 3 rings (SSSR count). The highest BCUT2D eigenvalue weighted by atomic mass is 35.5. The first-order chi connectivity index (χ1) is 14.1. The van der Waals surface area contributed by atoms with Crippen molar-refractivity contribution in [2.75, 3.05) is 45.9 Å². The van der Waals surface area contributed by atoms with Crippen molar-refractivity contribution in [3.05, 3.63) is 83.7 Å². The summed E-state index contributed by atoms with van der Waals surface area (Å²) in [4.78, 5) is 15.2. The summed E-state index contributed by atoms with van der Waals surface area (Å²) in [5.74, 6) is -1.17. The molecule has 1 heterocycles. The van der Waals surface area contributed by atoms with Crippen LogP contribution in [0.3, 0.4) is 0 Å². The molecule has 2 aromatic carbocycles. The van der Waals surface area contributed by atoms with Gasteiger partial charge in [0.1, 0.15) is 12.4 Å². The van der Waals surface area contributed by atoms with Gasteiger partial charge in [0.2, 0.25) is 0 Å². The molecule has 170 valence electrons. The summed E-state index contributed by atoms with van der Waals surface area (Å²) < 4.78 is 18.4. The summed E-state index contributed by atoms with van der Waals surface area (Å²) in [6, 6.07) is 17.3. The quantitative estimate of drug-likeness (QED) is 0.442. The van der Waals surface area contributed by atoms with Crippen molar-refractivity contribution >= 4 is 30.8 Å². The second-order valence-corrected chi connectivity index (χ2v) is 7.08. The van der Waals surface area contributed by atoms with Gasteiger partial charge < -0.3 is 9.84 Å². The highest BCUT2D eigenvalue weighted by molar-refractivity contribution is 5.85. The van der Waals surface area contributed by atoms with Crippen LogP contribution in [0.5, 0.6) is 0 Å². The third-order valence-electron chi connectivity index (χ3n) is 5.04. The molecule has 1 fully saturated rings. The second-order valence-electron chi connectivity index (χ2n) is 7.08. The van der Waals surface area contributed by atoms with Crippen molar-refractivity contribution in [2.24, 2.45) is 0 Å². The number of piperazine rings is 1. The predicted molar refractivity (Wildman–Crippen MR) is 125 cm³/mol. The fourth-order valence-corrected chi connectivity index (χ4v) is 3.60. The summed E-state index contributed by atoms with van der Waals surface area (Å²) in [5, 5.41) is 8.54. The number of hydrogen-bond acceptors (Lipinski definition) is 4. The number of ether oxygens (including phenoxy) is 1. The molecule has 1 atom stereocenters. The lowest BCUT2D eigenvalue weighted by atomic mass is 9.96. The zero-order valence-corrected chi connectivity index (χ0v) is 18.9. The van der Waals surface area contributed by atoms with Gasteiger partial charge in [0.25, 0.3) is 0 Å². The van der Waals surface area contributed by atoms with Gasteiger partial charge in [-0.3, -0.25) is 9.80 Å². The Bertz CT molecular complexity index is 798. The van der Waals surface area contributed by atoms with Crippen molar-refractivity contribution in [2.45, 2.75) is 6.04 Å². The van der Waals surface area contributed by atoms with Crippen LogP contribution in [0.4, 0.5) is 4.39 Å². The fourth-order valence-electron chi connectivity index (χ4n) is 3.60.